The maximum atomic E-state index is 12.5. The van der Waals surface area contributed by atoms with E-state index in [2.05, 4.69) is 10.6 Å². The van der Waals surface area contributed by atoms with Crippen LogP contribution in [-0.2, 0) is 16.0 Å². The van der Waals surface area contributed by atoms with E-state index in [1.165, 1.54) is 6.20 Å². The molecule has 0 aliphatic carbocycles. The van der Waals surface area contributed by atoms with Gasteiger partial charge in [0.15, 0.2) is 0 Å². The number of methoxy groups -OCH3 is 1. The molecule has 0 atom stereocenters. The number of nitrogens with one attached hydrogen (secondary N) is 2. The summed E-state index contributed by atoms with van der Waals surface area (Å²) in [6.45, 7) is 2.83. The zero-order valence-electron chi connectivity index (χ0n) is 17.8. The minimum absolute atomic E-state index is 0.103. The maximum absolute atomic E-state index is 12.5. The number of carbonyl (C=O) groups excluding carboxylic acids is 2. The highest BCUT2D eigenvalue weighted by molar-refractivity contribution is 6.09. The average Bonchev–Trinajstić information content (AvgIpc) is 2.79. The Kier molecular flexibility index (Phi) is 9.63. The van der Waals surface area contributed by atoms with Gasteiger partial charge in [-0.2, -0.15) is 5.26 Å². The molecule has 0 bridgehead atoms. The number of ether oxygens (including phenoxy) is 2. The van der Waals surface area contributed by atoms with Gasteiger partial charge in [-0.05, 0) is 36.6 Å². The summed E-state index contributed by atoms with van der Waals surface area (Å²) in [6.07, 6.45) is 3.70. The molecular formula is C24H27N3O4. The van der Waals surface area contributed by atoms with Crippen LogP contribution in [0, 0.1) is 11.3 Å². The van der Waals surface area contributed by atoms with Crippen molar-refractivity contribution in [1.29, 1.82) is 5.26 Å². The van der Waals surface area contributed by atoms with Gasteiger partial charge in [0, 0.05) is 12.7 Å². The number of unbranched alkanes of at least 4 members (excludes halogenated alkanes) is 1. The van der Waals surface area contributed by atoms with Gasteiger partial charge in [-0.1, -0.05) is 43.7 Å². The molecule has 1 amide bonds. The Hall–Kier alpha value is -3.79. The lowest BCUT2D eigenvalue weighted by Gasteiger charge is -2.11. The van der Waals surface area contributed by atoms with Crippen LogP contribution in [0.2, 0.25) is 0 Å². The Morgan fingerprint density at radius 2 is 1.87 bits per heavy atom. The topological polar surface area (TPSA) is 100 Å². The second-order valence-electron chi connectivity index (χ2n) is 6.67. The summed E-state index contributed by atoms with van der Waals surface area (Å²) in [5.74, 6) is -0.336. The third-order valence-corrected chi connectivity index (χ3v) is 4.47. The first kappa shape index (κ1) is 23.5. The molecule has 0 heterocycles. The lowest BCUT2D eigenvalue weighted by molar-refractivity contribution is -0.112. The second kappa shape index (κ2) is 12.7. The number of amides is 1. The predicted octanol–water partition coefficient (Wildman–Crippen LogP) is 3.83. The predicted molar refractivity (Wildman–Crippen MR) is 119 cm³/mol. The lowest BCUT2D eigenvalue weighted by atomic mass is 10.1. The van der Waals surface area contributed by atoms with Crippen molar-refractivity contribution in [3.05, 3.63) is 71.4 Å². The first-order valence-corrected chi connectivity index (χ1v) is 10.1. The molecule has 0 saturated heterocycles. The summed E-state index contributed by atoms with van der Waals surface area (Å²) < 4.78 is 10.5. The first-order valence-electron chi connectivity index (χ1n) is 10.1. The lowest BCUT2D eigenvalue weighted by Crippen LogP contribution is -2.20. The Balaban J connectivity index is 1.98. The standard InChI is InChI=1S/C24H27N3O4/c1-3-4-15-31-24(29)20-10-6-7-11-21(20)27-23(28)19(16-25)17-26-14-13-18-9-5-8-12-22(18)30-2/h5-12,17,26H,3-4,13-15H2,1-2H3,(H,27,28)/b19-17-. The normalized spacial score (nSPS) is 10.7. The summed E-state index contributed by atoms with van der Waals surface area (Å²) >= 11 is 0. The van der Waals surface area contributed by atoms with E-state index in [0.29, 0.717) is 25.3 Å². The maximum Gasteiger partial charge on any atom is 0.340 e. The highest BCUT2D eigenvalue weighted by Crippen LogP contribution is 2.18. The number of para-hydroxylation sites is 2. The van der Waals surface area contributed by atoms with E-state index in [1.54, 1.807) is 31.4 Å². The van der Waals surface area contributed by atoms with Gasteiger partial charge in [-0.3, -0.25) is 4.79 Å². The van der Waals surface area contributed by atoms with Crippen molar-refractivity contribution in [3.8, 4) is 11.8 Å². The molecule has 0 spiro atoms. The van der Waals surface area contributed by atoms with Crippen LogP contribution in [0.3, 0.4) is 0 Å². The second-order valence-corrected chi connectivity index (χ2v) is 6.67. The number of nitrogens with zero attached hydrogens (tertiary/aromatic N) is 1. The summed E-state index contributed by atoms with van der Waals surface area (Å²) in [7, 11) is 1.61. The third kappa shape index (κ3) is 7.19. The Bertz CT molecular complexity index is 963. The highest BCUT2D eigenvalue weighted by Gasteiger charge is 2.16. The van der Waals surface area contributed by atoms with Crippen LogP contribution in [0.4, 0.5) is 5.69 Å². The Morgan fingerprint density at radius 1 is 1.13 bits per heavy atom. The van der Waals surface area contributed by atoms with Crippen LogP contribution in [0.25, 0.3) is 0 Å². The van der Waals surface area contributed by atoms with Gasteiger partial charge in [0.1, 0.15) is 17.4 Å². The number of hydrogen-bond acceptors (Lipinski definition) is 6. The van der Waals surface area contributed by atoms with E-state index in [-0.39, 0.29) is 11.1 Å². The number of benzene rings is 2. The van der Waals surface area contributed by atoms with E-state index in [1.807, 2.05) is 37.3 Å². The largest absolute Gasteiger partial charge is 0.496 e. The van der Waals surface area contributed by atoms with E-state index in [0.717, 1.165) is 24.2 Å². The SMILES string of the molecule is CCCCOC(=O)c1ccccc1NC(=O)/C(C#N)=C\NCCc1ccccc1OC. The molecule has 0 unspecified atom stereocenters. The first-order chi connectivity index (χ1) is 15.1. The van der Waals surface area contributed by atoms with Crippen LogP contribution in [0.1, 0.15) is 35.7 Å². The van der Waals surface area contributed by atoms with Gasteiger partial charge < -0.3 is 20.1 Å². The van der Waals surface area contributed by atoms with Crippen LogP contribution < -0.4 is 15.4 Å². The van der Waals surface area contributed by atoms with E-state index in [4.69, 9.17) is 9.47 Å². The van der Waals surface area contributed by atoms with Crippen molar-refractivity contribution >= 4 is 17.6 Å². The molecule has 2 aromatic carbocycles. The molecule has 162 valence electrons. The van der Waals surface area contributed by atoms with Crippen LogP contribution in [0.5, 0.6) is 5.75 Å². The zero-order chi connectivity index (χ0) is 22.5. The molecule has 0 saturated carbocycles. The summed E-state index contributed by atoms with van der Waals surface area (Å²) in [6, 6.07) is 16.1. The fourth-order valence-electron chi connectivity index (χ4n) is 2.79. The fourth-order valence-corrected chi connectivity index (χ4v) is 2.79. The van der Waals surface area contributed by atoms with Gasteiger partial charge in [0.2, 0.25) is 0 Å². The molecule has 0 fully saturated rings. The number of esters is 1. The van der Waals surface area contributed by atoms with Crippen LogP contribution >= 0.6 is 0 Å². The molecule has 2 rings (SSSR count). The molecule has 0 radical (unpaired) electrons. The summed E-state index contributed by atoms with van der Waals surface area (Å²) in [5, 5.41) is 15.0. The number of hydrogen-bond donors (Lipinski definition) is 2. The van der Waals surface area contributed by atoms with Gasteiger partial charge in [-0.25, -0.2) is 4.79 Å². The Labute approximate surface area is 182 Å². The fraction of sp³-hybridized carbons (Fsp3) is 0.292. The van der Waals surface area contributed by atoms with Crippen molar-refractivity contribution in [2.24, 2.45) is 0 Å². The highest BCUT2D eigenvalue weighted by atomic mass is 16.5. The number of nitriles is 1. The van der Waals surface area contributed by atoms with Crippen LogP contribution in [0.15, 0.2) is 60.3 Å². The zero-order valence-corrected chi connectivity index (χ0v) is 17.8. The monoisotopic (exact) mass is 421 g/mol. The van der Waals surface area contributed by atoms with Crippen molar-refractivity contribution in [2.75, 3.05) is 25.6 Å². The minimum Gasteiger partial charge on any atom is -0.496 e. The van der Waals surface area contributed by atoms with Crippen LogP contribution in [-0.4, -0.2) is 32.1 Å². The third-order valence-electron chi connectivity index (χ3n) is 4.47. The molecule has 31 heavy (non-hydrogen) atoms. The van der Waals surface area contributed by atoms with Gasteiger partial charge >= 0.3 is 5.97 Å². The van der Waals surface area contributed by atoms with Gasteiger partial charge in [0.05, 0.1) is 25.0 Å². The summed E-state index contributed by atoms with van der Waals surface area (Å²) in [4.78, 5) is 24.8. The molecule has 7 nitrogen and oxygen atoms in total. The summed E-state index contributed by atoms with van der Waals surface area (Å²) in [5.41, 5.74) is 1.45. The van der Waals surface area contributed by atoms with Gasteiger partial charge in [-0.15, -0.1) is 0 Å². The average molecular weight is 421 g/mol. The quantitative estimate of drug-likeness (QED) is 0.248. The van der Waals surface area contributed by atoms with Crippen molar-refractivity contribution in [1.82, 2.24) is 5.32 Å². The molecular weight excluding hydrogens is 394 g/mol. The molecule has 2 N–H and O–H groups in total. The van der Waals surface area contributed by atoms with Crippen molar-refractivity contribution in [2.45, 2.75) is 26.2 Å². The van der Waals surface area contributed by atoms with Gasteiger partial charge in [0.25, 0.3) is 5.91 Å². The minimum atomic E-state index is -0.610. The number of carbonyl (C=O) groups is 2. The van der Waals surface area contributed by atoms with E-state index >= 15 is 0 Å². The van der Waals surface area contributed by atoms with Crippen molar-refractivity contribution in [3.63, 3.8) is 0 Å². The Morgan fingerprint density at radius 3 is 2.61 bits per heavy atom. The number of rotatable bonds is 11. The molecule has 7 heteroatoms. The molecule has 2 aromatic rings. The van der Waals surface area contributed by atoms with E-state index < -0.39 is 11.9 Å². The van der Waals surface area contributed by atoms with E-state index in [9.17, 15) is 14.9 Å². The molecule has 0 aliphatic rings. The molecule has 0 aliphatic heterocycles. The van der Waals surface area contributed by atoms with Crippen molar-refractivity contribution < 1.29 is 19.1 Å². The number of anilines is 1. The smallest absolute Gasteiger partial charge is 0.340 e. The molecule has 0 aromatic heterocycles.